The van der Waals surface area contributed by atoms with Crippen molar-refractivity contribution in [2.75, 3.05) is 6.61 Å². The summed E-state index contributed by atoms with van der Waals surface area (Å²) in [5.41, 5.74) is 9.97. The fraction of sp³-hybridized carbons (Fsp3) is 0.795. The summed E-state index contributed by atoms with van der Waals surface area (Å²) in [6.45, 7) is 7.35. The largest absolute Gasteiger partial charge is 0.508 e. The molecule has 7 fully saturated rings. The minimum absolute atomic E-state index is 0.0609. The predicted octanol–water partition coefficient (Wildman–Crippen LogP) is 7.18. The maximum Gasteiger partial charge on any atom is 0.115 e. The number of aliphatic hydroxyl groups excluding tert-OH is 1. The minimum atomic E-state index is -0.530. The van der Waals surface area contributed by atoms with Gasteiger partial charge in [0.2, 0.25) is 0 Å². The molecule has 9 rings (SSSR count). The maximum absolute atomic E-state index is 10.9. The number of benzene rings is 1. The van der Waals surface area contributed by atoms with E-state index in [1.165, 1.54) is 75.3 Å². The first kappa shape index (κ1) is 28.9. The molecule has 4 nitrogen and oxygen atoms in total. The molecule has 2 saturated heterocycles. The molecular formula is C39H55NO3. The molecule has 2 heterocycles. The third kappa shape index (κ3) is 4.12. The normalized spacial score (nSPS) is 49.5. The molecule has 0 radical (unpaired) electrons. The number of hydrogen-bond acceptors (Lipinski definition) is 4. The van der Waals surface area contributed by atoms with Crippen molar-refractivity contribution in [2.45, 2.75) is 134 Å². The van der Waals surface area contributed by atoms with E-state index >= 15 is 0 Å². The fourth-order valence-corrected chi connectivity index (χ4v) is 13.8. The Hall–Kier alpha value is -1.54. The number of aromatic hydroxyl groups is 1. The van der Waals surface area contributed by atoms with Crippen LogP contribution < -0.4 is 5.73 Å². The van der Waals surface area contributed by atoms with Gasteiger partial charge in [-0.3, -0.25) is 0 Å². The molecule has 4 heteroatoms. The van der Waals surface area contributed by atoms with Gasteiger partial charge in [0.1, 0.15) is 5.75 Å². The second-order valence-electron chi connectivity index (χ2n) is 17.6. The van der Waals surface area contributed by atoms with Crippen molar-refractivity contribution in [1.29, 1.82) is 0 Å². The monoisotopic (exact) mass is 585 g/mol. The van der Waals surface area contributed by atoms with E-state index in [0.717, 1.165) is 37.5 Å². The number of nitrogens with two attached hydrogens (primary N) is 1. The number of phenolic OH excluding ortho intramolecular Hbond substituents is 1. The lowest BCUT2D eigenvalue weighted by molar-refractivity contribution is -0.383. The van der Waals surface area contributed by atoms with E-state index in [1.54, 1.807) is 0 Å². The van der Waals surface area contributed by atoms with Crippen LogP contribution in [0.5, 0.6) is 5.75 Å². The van der Waals surface area contributed by atoms with E-state index in [1.807, 2.05) is 12.1 Å². The van der Waals surface area contributed by atoms with Crippen molar-refractivity contribution in [2.24, 2.45) is 58.0 Å². The Morgan fingerprint density at radius 3 is 2.74 bits per heavy atom. The molecule has 2 spiro atoms. The zero-order valence-electron chi connectivity index (χ0n) is 27.0. The highest BCUT2D eigenvalue weighted by Crippen LogP contribution is 2.76. The average Bonchev–Trinajstić information content (AvgIpc) is 3.30. The van der Waals surface area contributed by atoms with Gasteiger partial charge >= 0.3 is 0 Å². The molecule has 11 unspecified atom stereocenters. The molecule has 0 amide bonds. The van der Waals surface area contributed by atoms with Crippen LogP contribution in [0.2, 0.25) is 0 Å². The molecule has 8 aliphatic rings. The smallest absolute Gasteiger partial charge is 0.115 e. The predicted molar refractivity (Wildman–Crippen MR) is 170 cm³/mol. The standard InChI is InChI=1S/C39H55NO3/c1-25(2)16-26-10-14-36(20-26)21-27-17-29-8-9-32(42)19-28(29)6-4-7-33-38(31(18-27)22-36)24-37-13-5-12-35(3,43-38)34(37)39(33,40)30(23-41)11-15-37/h8-9,19,25-27,30-31,33-34,41-42H,5-6,10-18,20-24,40H2,1-3H3. The van der Waals surface area contributed by atoms with Crippen LogP contribution >= 0.6 is 0 Å². The Morgan fingerprint density at radius 2 is 1.93 bits per heavy atom. The number of aliphatic hydroxyl groups is 1. The van der Waals surface area contributed by atoms with Crippen molar-refractivity contribution in [1.82, 2.24) is 0 Å². The van der Waals surface area contributed by atoms with Crippen LogP contribution in [0.1, 0.15) is 115 Å². The van der Waals surface area contributed by atoms with Gasteiger partial charge in [0, 0.05) is 30.4 Å². The zero-order valence-corrected chi connectivity index (χ0v) is 27.0. The topological polar surface area (TPSA) is 75.7 Å². The second kappa shape index (κ2) is 9.73. The fourth-order valence-electron chi connectivity index (χ4n) is 13.8. The lowest BCUT2D eigenvalue weighted by Gasteiger charge is -2.79. The van der Waals surface area contributed by atoms with Crippen molar-refractivity contribution in [3.05, 3.63) is 29.3 Å². The Bertz CT molecular complexity index is 1350. The van der Waals surface area contributed by atoms with E-state index in [-0.39, 0.29) is 41.0 Å². The summed E-state index contributed by atoms with van der Waals surface area (Å²) in [4.78, 5) is 0. The Kier molecular flexibility index (Phi) is 6.54. The summed E-state index contributed by atoms with van der Waals surface area (Å²) >= 11 is 0. The van der Waals surface area contributed by atoms with Gasteiger partial charge in [-0.05, 0) is 148 Å². The molecule has 1 aromatic carbocycles. The van der Waals surface area contributed by atoms with Crippen LogP contribution in [-0.4, -0.2) is 33.6 Å². The van der Waals surface area contributed by atoms with E-state index in [0.29, 0.717) is 29.4 Å². The summed E-state index contributed by atoms with van der Waals surface area (Å²) < 4.78 is 7.77. The van der Waals surface area contributed by atoms with Crippen molar-refractivity contribution in [3.8, 4) is 17.6 Å². The first-order valence-corrected chi connectivity index (χ1v) is 17.9. The molecule has 43 heavy (non-hydrogen) atoms. The number of rotatable bonds is 3. The second-order valence-corrected chi connectivity index (χ2v) is 17.6. The van der Waals surface area contributed by atoms with E-state index in [2.05, 4.69) is 38.7 Å². The SMILES string of the molecule is CC(C)CC1CCC2(C1)CC1Cc3ccc(O)cc3CC#CC3C4(CC56CCCC(C)(O4)C5C3(N)C(CO)CC6)C(C1)C2. The summed E-state index contributed by atoms with van der Waals surface area (Å²) in [5, 5.41) is 21.4. The van der Waals surface area contributed by atoms with Crippen LogP contribution in [-0.2, 0) is 17.6 Å². The average molecular weight is 586 g/mol. The van der Waals surface area contributed by atoms with Crippen LogP contribution in [0.3, 0.4) is 0 Å². The Balaban J connectivity index is 1.30. The first-order chi connectivity index (χ1) is 20.5. The van der Waals surface area contributed by atoms with Crippen molar-refractivity contribution < 1.29 is 14.9 Å². The van der Waals surface area contributed by atoms with Gasteiger partial charge < -0.3 is 20.7 Å². The highest BCUT2D eigenvalue weighted by Gasteiger charge is 2.80. The molecule has 5 saturated carbocycles. The van der Waals surface area contributed by atoms with Crippen LogP contribution in [0, 0.1) is 64.1 Å². The van der Waals surface area contributed by atoms with Gasteiger partial charge in [-0.15, -0.1) is 0 Å². The van der Waals surface area contributed by atoms with Gasteiger partial charge in [-0.1, -0.05) is 38.2 Å². The molecule has 1 aromatic rings. The lowest BCUT2D eigenvalue weighted by atomic mass is 9.33. The maximum atomic E-state index is 10.9. The lowest BCUT2D eigenvalue weighted by Crippen LogP contribution is -2.86. The third-order valence-corrected chi connectivity index (χ3v) is 14.6. The van der Waals surface area contributed by atoms with Crippen LogP contribution in [0.15, 0.2) is 18.2 Å². The summed E-state index contributed by atoms with van der Waals surface area (Å²) in [5.74, 6) is 10.8. The molecule has 2 aliphatic heterocycles. The summed E-state index contributed by atoms with van der Waals surface area (Å²) in [6, 6.07) is 6.01. The quantitative estimate of drug-likeness (QED) is 0.329. The molecule has 11 atom stereocenters. The highest BCUT2D eigenvalue weighted by molar-refractivity contribution is 5.41. The molecule has 4 N–H and O–H groups in total. The van der Waals surface area contributed by atoms with E-state index < -0.39 is 5.54 Å². The number of hydrogen-bond donors (Lipinski definition) is 3. The molecule has 7 bridgehead atoms. The molecular weight excluding hydrogens is 530 g/mol. The van der Waals surface area contributed by atoms with Gasteiger partial charge in [-0.2, -0.15) is 0 Å². The van der Waals surface area contributed by atoms with E-state index in [9.17, 15) is 10.2 Å². The molecule has 234 valence electrons. The van der Waals surface area contributed by atoms with Gasteiger partial charge in [-0.25, -0.2) is 0 Å². The van der Waals surface area contributed by atoms with Crippen molar-refractivity contribution in [3.63, 3.8) is 0 Å². The first-order valence-electron chi connectivity index (χ1n) is 17.9. The Labute approximate surface area is 259 Å². The number of ether oxygens (including phenoxy) is 1. The highest BCUT2D eigenvalue weighted by atomic mass is 16.5. The minimum Gasteiger partial charge on any atom is -0.508 e. The molecule has 0 aromatic heterocycles. The van der Waals surface area contributed by atoms with Crippen molar-refractivity contribution >= 4 is 0 Å². The third-order valence-electron chi connectivity index (χ3n) is 14.6. The summed E-state index contributed by atoms with van der Waals surface area (Å²) in [7, 11) is 0. The zero-order chi connectivity index (χ0) is 29.8. The van der Waals surface area contributed by atoms with Gasteiger partial charge in [0.25, 0.3) is 0 Å². The summed E-state index contributed by atoms with van der Waals surface area (Å²) in [6.07, 6.45) is 17.8. The molecule has 6 aliphatic carbocycles. The van der Waals surface area contributed by atoms with Crippen LogP contribution in [0.4, 0.5) is 0 Å². The van der Waals surface area contributed by atoms with Gasteiger partial charge in [0.05, 0.1) is 17.1 Å². The number of phenols is 1. The Morgan fingerprint density at radius 1 is 1.07 bits per heavy atom. The van der Waals surface area contributed by atoms with Gasteiger partial charge in [0.15, 0.2) is 0 Å². The number of fused-ring (bicyclic) bond motifs is 3. The van der Waals surface area contributed by atoms with E-state index in [4.69, 9.17) is 10.5 Å². The van der Waals surface area contributed by atoms with Crippen LogP contribution in [0.25, 0.3) is 0 Å².